The van der Waals surface area contributed by atoms with E-state index in [1.807, 2.05) is 6.92 Å². The summed E-state index contributed by atoms with van der Waals surface area (Å²) in [4.78, 5) is 11.1. The van der Waals surface area contributed by atoms with E-state index in [1.165, 1.54) is 0 Å². The molecule has 0 aromatic carbocycles. The van der Waals surface area contributed by atoms with Crippen molar-refractivity contribution in [1.82, 2.24) is 0 Å². The molecule has 0 aromatic heterocycles. The third kappa shape index (κ3) is 3.42. The van der Waals surface area contributed by atoms with E-state index >= 15 is 0 Å². The van der Waals surface area contributed by atoms with Gasteiger partial charge in [0.05, 0.1) is 19.3 Å². The fourth-order valence-corrected chi connectivity index (χ4v) is 1.31. The van der Waals surface area contributed by atoms with E-state index in [2.05, 4.69) is 0 Å². The molecule has 1 saturated heterocycles. The zero-order valence-corrected chi connectivity index (χ0v) is 7.99. The highest BCUT2D eigenvalue weighted by molar-refractivity contribution is 5.83. The molecule has 4 nitrogen and oxygen atoms in total. The highest BCUT2D eigenvalue weighted by Crippen LogP contribution is 2.11. The van der Waals surface area contributed by atoms with Crippen molar-refractivity contribution in [2.45, 2.75) is 38.5 Å². The summed E-state index contributed by atoms with van der Waals surface area (Å²) in [5, 5.41) is 0. The number of Topliss-reactive ketones (excluding diaryl/α,β-unsaturated/α-hetero) is 1. The first-order valence-corrected chi connectivity index (χ1v) is 4.75. The number of nitrogens with two attached hydrogens (primary N) is 1. The Labute approximate surface area is 78.4 Å². The van der Waals surface area contributed by atoms with Gasteiger partial charge in [-0.2, -0.15) is 0 Å². The summed E-state index contributed by atoms with van der Waals surface area (Å²) >= 11 is 0. The van der Waals surface area contributed by atoms with Gasteiger partial charge in [0.2, 0.25) is 0 Å². The van der Waals surface area contributed by atoms with E-state index < -0.39 is 0 Å². The number of ether oxygens (including phenoxy) is 2. The van der Waals surface area contributed by atoms with Gasteiger partial charge in [-0.1, -0.05) is 6.92 Å². The monoisotopic (exact) mass is 187 g/mol. The first-order chi connectivity index (χ1) is 6.24. The molecule has 2 N–H and O–H groups in total. The molecular formula is C9H17NO3. The lowest BCUT2D eigenvalue weighted by molar-refractivity contribution is -0.120. The van der Waals surface area contributed by atoms with Crippen molar-refractivity contribution in [3.05, 3.63) is 0 Å². The molecule has 1 fully saturated rings. The zero-order chi connectivity index (χ0) is 9.68. The average Bonchev–Trinajstić information content (AvgIpc) is 2.65. The van der Waals surface area contributed by atoms with E-state index in [-0.39, 0.29) is 18.1 Å². The van der Waals surface area contributed by atoms with Crippen molar-refractivity contribution < 1.29 is 14.3 Å². The minimum Gasteiger partial charge on any atom is -0.350 e. The standard InChI is InChI=1S/C9H17NO3/c1-2-8(11)7(10)3-4-9-12-5-6-13-9/h7,9H,2-6,10H2,1H3. The minimum absolute atomic E-state index is 0.109. The second-order valence-corrected chi connectivity index (χ2v) is 3.17. The van der Waals surface area contributed by atoms with Crippen molar-refractivity contribution in [2.24, 2.45) is 5.73 Å². The van der Waals surface area contributed by atoms with Gasteiger partial charge in [-0.3, -0.25) is 4.79 Å². The van der Waals surface area contributed by atoms with Crippen LogP contribution in [0.4, 0.5) is 0 Å². The van der Waals surface area contributed by atoms with Crippen molar-refractivity contribution in [2.75, 3.05) is 13.2 Å². The molecule has 0 spiro atoms. The van der Waals surface area contributed by atoms with Crippen LogP contribution in [-0.4, -0.2) is 31.3 Å². The highest BCUT2D eigenvalue weighted by atomic mass is 16.7. The fraction of sp³-hybridized carbons (Fsp3) is 0.889. The van der Waals surface area contributed by atoms with Crippen LogP contribution >= 0.6 is 0 Å². The molecule has 1 unspecified atom stereocenters. The summed E-state index contributed by atoms with van der Waals surface area (Å²) in [5.41, 5.74) is 5.65. The molecule has 1 aliphatic heterocycles. The summed E-state index contributed by atoms with van der Waals surface area (Å²) in [6.45, 7) is 3.13. The lowest BCUT2D eigenvalue weighted by Crippen LogP contribution is -2.31. The Balaban J connectivity index is 2.13. The minimum atomic E-state index is -0.349. The van der Waals surface area contributed by atoms with Crippen molar-refractivity contribution in [1.29, 1.82) is 0 Å². The maximum Gasteiger partial charge on any atom is 0.157 e. The topological polar surface area (TPSA) is 61.6 Å². The lowest BCUT2D eigenvalue weighted by Gasteiger charge is -2.12. The van der Waals surface area contributed by atoms with Gasteiger partial charge in [-0.25, -0.2) is 0 Å². The number of ketones is 1. The lowest BCUT2D eigenvalue weighted by atomic mass is 10.1. The van der Waals surface area contributed by atoms with E-state index in [0.29, 0.717) is 32.5 Å². The summed E-state index contributed by atoms with van der Waals surface area (Å²) in [5.74, 6) is 0.109. The number of carbonyl (C=O) groups excluding carboxylic acids is 1. The fourth-order valence-electron chi connectivity index (χ4n) is 1.31. The van der Waals surface area contributed by atoms with E-state index in [9.17, 15) is 4.79 Å². The van der Waals surface area contributed by atoms with Crippen LogP contribution in [0.5, 0.6) is 0 Å². The Morgan fingerprint density at radius 1 is 1.54 bits per heavy atom. The molecule has 13 heavy (non-hydrogen) atoms. The van der Waals surface area contributed by atoms with E-state index in [4.69, 9.17) is 15.2 Å². The third-order valence-electron chi connectivity index (χ3n) is 2.17. The maximum atomic E-state index is 11.1. The molecule has 1 rings (SSSR count). The maximum absolute atomic E-state index is 11.1. The van der Waals surface area contributed by atoms with Crippen LogP contribution in [0.25, 0.3) is 0 Å². The van der Waals surface area contributed by atoms with Gasteiger partial charge < -0.3 is 15.2 Å². The predicted molar refractivity (Wildman–Crippen MR) is 48.2 cm³/mol. The van der Waals surface area contributed by atoms with Crippen LogP contribution in [0.3, 0.4) is 0 Å². The van der Waals surface area contributed by atoms with Gasteiger partial charge >= 0.3 is 0 Å². The second kappa shape index (κ2) is 5.32. The van der Waals surface area contributed by atoms with Crippen LogP contribution in [0.1, 0.15) is 26.2 Å². The molecule has 1 heterocycles. The number of carbonyl (C=O) groups is 1. The van der Waals surface area contributed by atoms with Crippen LogP contribution in [0.15, 0.2) is 0 Å². The molecular weight excluding hydrogens is 170 g/mol. The van der Waals surface area contributed by atoms with Crippen LogP contribution in [0.2, 0.25) is 0 Å². The summed E-state index contributed by atoms with van der Waals surface area (Å²) in [6, 6.07) is -0.349. The molecule has 0 amide bonds. The Hall–Kier alpha value is -0.450. The SMILES string of the molecule is CCC(=O)C(N)CCC1OCCO1. The van der Waals surface area contributed by atoms with Gasteiger partial charge in [0.25, 0.3) is 0 Å². The van der Waals surface area contributed by atoms with Crippen LogP contribution in [0, 0.1) is 0 Å². The molecule has 76 valence electrons. The number of hydrogen-bond acceptors (Lipinski definition) is 4. The molecule has 0 bridgehead atoms. The summed E-state index contributed by atoms with van der Waals surface area (Å²) < 4.78 is 10.5. The van der Waals surface area contributed by atoms with Gasteiger partial charge in [0.1, 0.15) is 5.78 Å². The van der Waals surface area contributed by atoms with Gasteiger partial charge in [-0.05, 0) is 6.42 Å². The summed E-state index contributed by atoms with van der Waals surface area (Å²) in [7, 11) is 0. The first-order valence-electron chi connectivity index (χ1n) is 4.75. The quantitative estimate of drug-likeness (QED) is 0.678. The Bertz CT molecular complexity index is 166. The van der Waals surface area contributed by atoms with Gasteiger partial charge in [0.15, 0.2) is 6.29 Å². The Morgan fingerprint density at radius 3 is 2.69 bits per heavy atom. The largest absolute Gasteiger partial charge is 0.350 e. The second-order valence-electron chi connectivity index (χ2n) is 3.17. The smallest absolute Gasteiger partial charge is 0.157 e. The van der Waals surface area contributed by atoms with Gasteiger partial charge in [-0.15, -0.1) is 0 Å². The molecule has 0 aliphatic carbocycles. The predicted octanol–water partition coefficient (Wildman–Crippen LogP) is 0.446. The first kappa shape index (κ1) is 10.6. The van der Waals surface area contributed by atoms with Crippen molar-refractivity contribution in [3.63, 3.8) is 0 Å². The van der Waals surface area contributed by atoms with E-state index in [0.717, 1.165) is 0 Å². The molecule has 0 aromatic rings. The Morgan fingerprint density at radius 2 is 2.15 bits per heavy atom. The number of hydrogen-bond donors (Lipinski definition) is 1. The average molecular weight is 187 g/mol. The zero-order valence-electron chi connectivity index (χ0n) is 7.99. The molecule has 4 heteroatoms. The van der Waals surface area contributed by atoms with Crippen LogP contribution in [-0.2, 0) is 14.3 Å². The van der Waals surface area contributed by atoms with E-state index in [1.54, 1.807) is 0 Å². The highest BCUT2D eigenvalue weighted by Gasteiger charge is 2.18. The van der Waals surface area contributed by atoms with Crippen molar-refractivity contribution >= 4 is 5.78 Å². The van der Waals surface area contributed by atoms with Crippen LogP contribution < -0.4 is 5.73 Å². The van der Waals surface area contributed by atoms with Crippen molar-refractivity contribution in [3.8, 4) is 0 Å². The number of rotatable bonds is 5. The molecule has 0 radical (unpaired) electrons. The molecule has 0 saturated carbocycles. The third-order valence-corrected chi connectivity index (χ3v) is 2.17. The normalized spacial score (nSPS) is 20.5. The Kier molecular flexibility index (Phi) is 4.35. The molecule has 1 aliphatic rings. The molecule has 1 atom stereocenters. The summed E-state index contributed by atoms with van der Waals surface area (Å²) in [6.07, 6.45) is 1.73. The van der Waals surface area contributed by atoms with Gasteiger partial charge in [0, 0.05) is 12.8 Å².